The number of nitrogens with zero attached hydrogens (tertiary/aromatic N) is 3. The molecule has 2 aromatic carbocycles. The minimum Gasteiger partial charge on any atom is -0.494 e. The van der Waals surface area contributed by atoms with Gasteiger partial charge in [0, 0.05) is 30.3 Å². The summed E-state index contributed by atoms with van der Waals surface area (Å²) in [5, 5.41) is 13.6. The second-order valence-electron chi connectivity index (χ2n) is 10.4. The molecule has 1 amide bonds. The van der Waals surface area contributed by atoms with Crippen molar-refractivity contribution in [1.82, 2.24) is 14.7 Å². The molecule has 0 spiro atoms. The van der Waals surface area contributed by atoms with Gasteiger partial charge in [-0.1, -0.05) is 99.8 Å². The van der Waals surface area contributed by atoms with Crippen LogP contribution < -0.4 is 4.74 Å². The zero-order valence-corrected chi connectivity index (χ0v) is 25.8. The molecule has 0 bridgehead atoms. The minimum atomic E-state index is -0.717. The van der Waals surface area contributed by atoms with Gasteiger partial charge in [-0.15, -0.1) is 0 Å². The van der Waals surface area contributed by atoms with Gasteiger partial charge < -0.3 is 9.84 Å². The van der Waals surface area contributed by atoms with Crippen molar-refractivity contribution in [1.29, 1.82) is 0 Å². The number of amides is 1. The predicted octanol–water partition coefficient (Wildman–Crippen LogP) is 8.12. The van der Waals surface area contributed by atoms with Gasteiger partial charge in [0.25, 0.3) is 5.91 Å². The third-order valence-electron chi connectivity index (χ3n) is 7.03. The highest BCUT2D eigenvalue weighted by Gasteiger charge is 2.32. The molecule has 7 nitrogen and oxygen atoms in total. The van der Waals surface area contributed by atoms with E-state index in [9.17, 15) is 9.59 Å². The number of aliphatic carboxylic acids is 1. The van der Waals surface area contributed by atoms with E-state index in [1.54, 1.807) is 4.90 Å². The molecule has 1 N–H and O–H groups in total. The predicted molar refractivity (Wildman–Crippen MR) is 174 cm³/mol. The average Bonchev–Trinajstić information content (AvgIpc) is 3.53. The fraction of sp³-hybridized carbons (Fsp3) is 0.394. The summed E-state index contributed by atoms with van der Waals surface area (Å²) in [5.41, 5.74) is 3.47. The third kappa shape index (κ3) is 9.03. The van der Waals surface area contributed by atoms with E-state index in [0.717, 1.165) is 86.0 Å². The maximum atomic E-state index is 13.4. The first kappa shape index (κ1) is 31.5. The summed E-state index contributed by atoms with van der Waals surface area (Å²) in [5.74, 6) is 0.0203. The lowest BCUT2D eigenvalue weighted by atomic mass is 10.1. The maximum Gasteiger partial charge on any atom is 0.303 e. The highest BCUT2D eigenvalue weighted by molar-refractivity contribution is 8.26. The van der Waals surface area contributed by atoms with Crippen LogP contribution in [0, 0.1) is 0 Å². The number of carbonyl (C=O) groups is 2. The first-order chi connectivity index (χ1) is 20.5. The Labute approximate surface area is 257 Å². The summed E-state index contributed by atoms with van der Waals surface area (Å²) in [4.78, 5) is 26.3. The van der Waals surface area contributed by atoms with Crippen LogP contribution in [-0.4, -0.2) is 49.1 Å². The molecule has 1 fully saturated rings. The third-order valence-corrected chi connectivity index (χ3v) is 8.40. The monoisotopic (exact) mass is 605 g/mol. The molecule has 9 heteroatoms. The van der Waals surface area contributed by atoms with E-state index in [2.05, 4.69) is 6.92 Å². The normalized spacial score (nSPS) is 14.2. The van der Waals surface area contributed by atoms with E-state index in [4.69, 9.17) is 27.2 Å². The Morgan fingerprint density at radius 1 is 1.00 bits per heavy atom. The van der Waals surface area contributed by atoms with Gasteiger partial charge in [-0.05, 0) is 49.6 Å². The molecule has 0 atom stereocenters. The van der Waals surface area contributed by atoms with E-state index in [0.29, 0.717) is 22.4 Å². The Balaban J connectivity index is 1.41. The smallest absolute Gasteiger partial charge is 0.303 e. The molecular formula is C33H39N3O4S2. The highest BCUT2D eigenvalue weighted by Crippen LogP contribution is 2.35. The molecule has 42 heavy (non-hydrogen) atoms. The Hall–Kier alpha value is -3.43. The number of carbonyl (C=O) groups excluding carboxylic acids is 1. The van der Waals surface area contributed by atoms with Gasteiger partial charge in [0.15, 0.2) is 0 Å². The van der Waals surface area contributed by atoms with Crippen molar-refractivity contribution in [2.24, 2.45) is 0 Å². The van der Waals surface area contributed by atoms with Crippen LogP contribution in [0.3, 0.4) is 0 Å². The van der Waals surface area contributed by atoms with Crippen LogP contribution in [0.15, 0.2) is 65.7 Å². The molecule has 1 saturated heterocycles. The molecule has 222 valence electrons. The van der Waals surface area contributed by atoms with E-state index >= 15 is 0 Å². The van der Waals surface area contributed by atoms with Gasteiger partial charge in [-0.3, -0.25) is 14.5 Å². The lowest BCUT2D eigenvalue weighted by Crippen LogP contribution is -2.29. The van der Waals surface area contributed by atoms with E-state index in [-0.39, 0.29) is 12.3 Å². The number of para-hydroxylation sites is 1. The molecule has 4 rings (SSSR count). The summed E-state index contributed by atoms with van der Waals surface area (Å²) >= 11 is 6.95. The summed E-state index contributed by atoms with van der Waals surface area (Å²) in [6.07, 6.45) is 13.1. The zero-order chi connectivity index (χ0) is 29.7. The van der Waals surface area contributed by atoms with Gasteiger partial charge in [0.05, 0.1) is 17.2 Å². The molecule has 1 aromatic heterocycles. The van der Waals surface area contributed by atoms with E-state index < -0.39 is 5.97 Å². The first-order valence-corrected chi connectivity index (χ1v) is 16.0. The number of ether oxygens (including phenoxy) is 1. The molecule has 0 unspecified atom stereocenters. The van der Waals surface area contributed by atoms with Gasteiger partial charge >= 0.3 is 5.97 Å². The number of rotatable bonds is 17. The van der Waals surface area contributed by atoms with Crippen molar-refractivity contribution in [3.05, 3.63) is 71.3 Å². The van der Waals surface area contributed by atoms with Crippen molar-refractivity contribution in [3.8, 4) is 22.7 Å². The number of carboxylic acids is 1. The van der Waals surface area contributed by atoms with Crippen molar-refractivity contribution in [2.45, 2.75) is 71.1 Å². The van der Waals surface area contributed by atoms with Gasteiger partial charge in [0.2, 0.25) is 0 Å². The van der Waals surface area contributed by atoms with Crippen LogP contribution in [0.5, 0.6) is 5.75 Å². The quantitative estimate of drug-likeness (QED) is 0.0945. The number of unbranched alkanes of at least 4 members (excludes halogenated alkanes) is 7. The largest absolute Gasteiger partial charge is 0.494 e. The molecule has 3 aromatic rings. The summed E-state index contributed by atoms with van der Waals surface area (Å²) in [6, 6.07) is 17.8. The number of benzene rings is 2. The number of hydrogen-bond acceptors (Lipinski definition) is 6. The molecular weight excluding hydrogens is 567 g/mol. The van der Waals surface area contributed by atoms with Crippen LogP contribution in [0.25, 0.3) is 23.0 Å². The number of hydrogen-bond donors (Lipinski definition) is 1. The second kappa shape index (κ2) is 16.3. The zero-order valence-electron chi connectivity index (χ0n) is 24.2. The van der Waals surface area contributed by atoms with Crippen LogP contribution in [-0.2, 0) is 9.59 Å². The average molecular weight is 606 g/mol. The Morgan fingerprint density at radius 2 is 1.71 bits per heavy atom. The van der Waals surface area contributed by atoms with Gasteiger partial charge in [0.1, 0.15) is 15.8 Å². The van der Waals surface area contributed by atoms with Crippen molar-refractivity contribution in [2.75, 3.05) is 13.2 Å². The SMILES string of the molecule is CCCOc1cccc(-c2nn(-c3ccccc3)cc2C=C2SC(=S)N(CCCCCCCCCCC(=O)O)C2=O)c1. The second-order valence-corrected chi connectivity index (χ2v) is 12.1. The number of thioether (sulfide) groups is 1. The lowest BCUT2D eigenvalue weighted by Gasteiger charge is -2.14. The fourth-order valence-electron chi connectivity index (χ4n) is 4.82. The summed E-state index contributed by atoms with van der Waals surface area (Å²) in [7, 11) is 0. The number of aromatic nitrogens is 2. The van der Waals surface area contributed by atoms with Gasteiger partial charge in [-0.2, -0.15) is 5.10 Å². The van der Waals surface area contributed by atoms with Crippen LogP contribution >= 0.6 is 24.0 Å². The molecule has 0 radical (unpaired) electrons. The lowest BCUT2D eigenvalue weighted by molar-refractivity contribution is -0.137. The molecule has 1 aliphatic rings. The van der Waals surface area contributed by atoms with Crippen molar-refractivity contribution >= 4 is 46.3 Å². The fourth-order valence-corrected chi connectivity index (χ4v) is 6.12. The topological polar surface area (TPSA) is 84.7 Å². The molecule has 0 saturated carbocycles. The van der Waals surface area contributed by atoms with E-state index in [1.807, 2.05) is 71.6 Å². The standard InChI is InChI=1S/C33H39N3O4S2/c1-2-21-40-28-18-14-15-25(22-28)31-26(24-36(34-31)27-16-10-9-11-17-27)23-29-32(39)35(33(41)42-29)20-13-8-6-4-3-5-7-12-19-30(37)38/h9-11,14-18,22-24H,2-8,12-13,19-21H2,1H3,(H,37,38). The Morgan fingerprint density at radius 3 is 2.43 bits per heavy atom. The highest BCUT2D eigenvalue weighted by atomic mass is 32.2. The van der Waals surface area contributed by atoms with E-state index in [1.165, 1.54) is 11.8 Å². The number of thiocarbonyl (C=S) groups is 1. The summed E-state index contributed by atoms with van der Waals surface area (Å²) < 4.78 is 8.30. The number of carboxylic acid groups (broad SMARTS) is 1. The van der Waals surface area contributed by atoms with Crippen molar-refractivity contribution in [3.63, 3.8) is 0 Å². The van der Waals surface area contributed by atoms with Gasteiger partial charge in [-0.25, -0.2) is 4.68 Å². The molecule has 2 heterocycles. The van der Waals surface area contributed by atoms with Crippen molar-refractivity contribution < 1.29 is 19.4 Å². The Kier molecular flexibility index (Phi) is 12.2. The maximum absolute atomic E-state index is 13.4. The molecule has 0 aliphatic carbocycles. The Bertz CT molecular complexity index is 1390. The van der Waals surface area contributed by atoms with Crippen LogP contribution in [0.1, 0.15) is 76.7 Å². The molecule has 1 aliphatic heterocycles. The minimum absolute atomic E-state index is 0.0538. The first-order valence-electron chi connectivity index (χ1n) is 14.8. The summed E-state index contributed by atoms with van der Waals surface area (Å²) in [6.45, 7) is 3.34. The van der Waals surface area contributed by atoms with Crippen LogP contribution in [0.2, 0.25) is 0 Å². The van der Waals surface area contributed by atoms with Crippen LogP contribution in [0.4, 0.5) is 0 Å².